The molecule has 0 N–H and O–H groups in total. The first-order chi connectivity index (χ1) is 5.43. The molecule has 0 saturated carbocycles. The molecule has 0 heterocycles. The van der Waals surface area contributed by atoms with Gasteiger partial charge in [-0.3, -0.25) is 0 Å². The van der Waals surface area contributed by atoms with Gasteiger partial charge in [0.05, 0.1) is 5.56 Å². The summed E-state index contributed by atoms with van der Waals surface area (Å²) in [6, 6.07) is 4.53. The average molecular weight is 194 g/mol. The zero-order valence-electron chi connectivity index (χ0n) is 6.17. The minimum absolute atomic E-state index is 0.0444. The van der Waals surface area contributed by atoms with Crippen molar-refractivity contribution in [2.75, 3.05) is 0 Å². The normalized spacial score (nSPS) is 11.8. The number of hydrogen-bond donors (Lipinski definition) is 0. The van der Waals surface area contributed by atoms with Gasteiger partial charge in [-0.1, -0.05) is 11.6 Å². The summed E-state index contributed by atoms with van der Waals surface area (Å²) in [6.45, 7) is 1.33. The predicted molar refractivity (Wildman–Crippen MR) is 40.0 cm³/mol. The van der Waals surface area contributed by atoms with Crippen LogP contribution in [0.25, 0.3) is 0 Å². The molecule has 0 aliphatic heterocycles. The van der Waals surface area contributed by atoms with E-state index in [1.165, 1.54) is 13.0 Å². The van der Waals surface area contributed by atoms with Crippen LogP contribution < -0.4 is 0 Å². The predicted octanol–water partition coefficient (Wildman–Crippen LogP) is 3.47. The molecule has 0 unspecified atom stereocenters. The maximum Gasteiger partial charge on any atom is 0.416 e. The van der Waals surface area contributed by atoms with E-state index < -0.39 is 11.7 Å². The first-order valence-corrected chi connectivity index (χ1v) is 3.54. The van der Waals surface area contributed by atoms with Crippen molar-refractivity contribution in [1.29, 1.82) is 0 Å². The van der Waals surface area contributed by atoms with Gasteiger partial charge in [-0.2, -0.15) is 13.2 Å². The Kier molecular flexibility index (Phi) is 2.33. The van der Waals surface area contributed by atoms with Crippen LogP contribution in [-0.2, 0) is 6.18 Å². The van der Waals surface area contributed by atoms with Gasteiger partial charge in [0, 0.05) is 5.02 Å². The Bertz CT molecular complexity index is 291. The average Bonchev–Trinajstić information content (AvgIpc) is 1.92. The third-order valence-corrected chi connectivity index (χ3v) is 1.90. The van der Waals surface area contributed by atoms with E-state index in [9.17, 15) is 13.2 Å². The molecule has 65 valence electrons. The highest BCUT2D eigenvalue weighted by Crippen LogP contribution is 2.33. The van der Waals surface area contributed by atoms with E-state index in [-0.39, 0.29) is 10.6 Å². The lowest BCUT2D eigenvalue weighted by molar-refractivity contribution is -0.138. The molecule has 0 bridgehead atoms. The second-order valence-electron chi connectivity index (χ2n) is 2.34. The van der Waals surface area contributed by atoms with Crippen molar-refractivity contribution in [3.8, 4) is 0 Å². The van der Waals surface area contributed by atoms with Crippen molar-refractivity contribution in [2.45, 2.75) is 13.1 Å². The Morgan fingerprint density at radius 1 is 1.33 bits per heavy atom. The molecule has 0 saturated heterocycles. The van der Waals surface area contributed by atoms with Gasteiger partial charge in [0.25, 0.3) is 0 Å². The van der Waals surface area contributed by atoms with Gasteiger partial charge < -0.3 is 0 Å². The zero-order chi connectivity index (χ0) is 9.35. The lowest BCUT2D eigenvalue weighted by atomic mass is 10.1. The van der Waals surface area contributed by atoms with E-state index in [0.717, 1.165) is 6.07 Å². The Morgan fingerprint density at radius 3 is 2.33 bits per heavy atom. The lowest BCUT2D eigenvalue weighted by Gasteiger charge is -2.09. The molecule has 0 nitrogen and oxygen atoms in total. The van der Waals surface area contributed by atoms with Crippen molar-refractivity contribution < 1.29 is 13.2 Å². The third-order valence-electron chi connectivity index (χ3n) is 1.51. The molecule has 0 aliphatic carbocycles. The summed E-state index contributed by atoms with van der Waals surface area (Å²) in [6.07, 6.45) is -4.34. The molecule has 0 spiro atoms. The van der Waals surface area contributed by atoms with Crippen LogP contribution in [0.3, 0.4) is 0 Å². The Labute approximate surface area is 73.0 Å². The van der Waals surface area contributed by atoms with Crippen LogP contribution in [-0.4, -0.2) is 0 Å². The molecular weight excluding hydrogens is 189 g/mol. The maximum absolute atomic E-state index is 12.2. The van der Waals surface area contributed by atoms with E-state index in [1.807, 2.05) is 0 Å². The van der Waals surface area contributed by atoms with Crippen molar-refractivity contribution in [3.63, 3.8) is 0 Å². The van der Waals surface area contributed by atoms with E-state index in [1.54, 1.807) is 0 Å². The number of alkyl halides is 3. The maximum atomic E-state index is 12.2. The summed E-state index contributed by atoms with van der Waals surface area (Å²) in [5, 5.41) is 0.0878. The summed E-state index contributed by atoms with van der Waals surface area (Å²) in [7, 11) is 0. The largest absolute Gasteiger partial charge is 0.416 e. The van der Waals surface area contributed by atoms with Gasteiger partial charge in [-0.15, -0.1) is 0 Å². The van der Waals surface area contributed by atoms with E-state index >= 15 is 0 Å². The van der Waals surface area contributed by atoms with Crippen LogP contribution in [0.1, 0.15) is 11.1 Å². The highest BCUT2D eigenvalue weighted by Gasteiger charge is 2.32. The molecule has 12 heavy (non-hydrogen) atoms. The smallest absolute Gasteiger partial charge is 0.166 e. The molecule has 0 atom stereocenters. The van der Waals surface area contributed by atoms with E-state index in [0.29, 0.717) is 0 Å². The van der Waals surface area contributed by atoms with Gasteiger partial charge in [-0.25, -0.2) is 0 Å². The standard InChI is InChI=1S/C8H5ClF3/c1-5-6(8(10,11)12)3-2-4-7(5)9/h3-4H,1H3. The van der Waals surface area contributed by atoms with Crippen LogP contribution in [0.4, 0.5) is 13.2 Å². The number of rotatable bonds is 0. The van der Waals surface area contributed by atoms with Crippen molar-refractivity contribution >= 4 is 11.6 Å². The van der Waals surface area contributed by atoms with E-state index in [2.05, 4.69) is 6.07 Å². The van der Waals surface area contributed by atoms with E-state index in [4.69, 9.17) is 11.6 Å². The summed E-state index contributed by atoms with van der Waals surface area (Å²) < 4.78 is 36.5. The van der Waals surface area contributed by atoms with Crippen molar-refractivity contribution in [3.05, 3.63) is 34.3 Å². The number of hydrogen-bond acceptors (Lipinski definition) is 0. The highest BCUT2D eigenvalue weighted by molar-refractivity contribution is 6.31. The van der Waals surface area contributed by atoms with Crippen LogP contribution >= 0.6 is 11.6 Å². The first-order valence-electron chi connectivity index (χ1n) is 3.16. The summed E-state index contributed by atoms with van der Waals surface area (Å²) >= 11 is 5.49. The second-order valence-corrected chi connectivity index (χ2v) is 2.75. The molecule has 1 radical (unpaired) electrons. The van der Waals surface area contributed by atoms with Gasteiger partial charge in [0.2, 0.25) is 0 Å². The van der Waals surface area contributed by atoms with Crippen LogP contribution in [0, 0.1) is 13.0 Å². The Morgan fingerprint density at radius 2 is 1.92 bits per heavy atom. The van der Waals surface area contributed by atoms with Crippen LogP contribution in [0.5, 0.6) is 0 Å². The topological polar surface area (TPSA) is 0 Å². The molecule has 0 fully saturated rings. The number of benzene rings is 1. The first kappa shape index (κ1) is 9.39. The second kappa shape index (κ2) is 2.98. The fourth-order valence-corrected chi connectivity index (χ4v) is 1.00. The Hall–Kier alpha value is -0.700. The SMILES string of the molecule is Cc1c(Cl)c[c]cc1C(F)(F)F. The van der Waals surface area contributed by atoms with Gasteiger partial charge in [0.15, 0.2) is 0 Å². The molecule has 0 aromatic heterocycles. The molecule has 0 aliphatic rings. The summed E-state index contributed by atoms with van der Waals surface area (Å²) in [5.74, 6) is 0. The molecule has 1 aromatic rings. The third kappa shape index (κ3) is 1.72. The Balaban J connectivity index is 3.26. The minimum Gasteiger partial charge on any atom is -0.166 e. The van der Waals surface area contributed by atoms with Gasteiger partial charge in [-0.05, 0) is 30.7 Å². The molecular formula is C8H5ClF3. The molecule has 4 heteroatoms. The zero-order valence-corrected chi connectivity index (χ0v) is 6.92. The lowest BCUT2D eigenvalue weighted by Crippen LogP contribution is -2.07. The highest BCUT2D eigenvalue weighted by atomic mass is 35.5. The summed E-state index contributed by atoms with van der Waals surface area (Å²) in [4.78, 5) is 0. The van der Waals surface area contributed by atoms with Crippen molar-refractivity contribution in [1.82, 2.24) is 0 Å². The van der Waals surface area contributed by atoms with Gasteiger partial charge >= 0.3 is 6.18 Å². The fraction of sp³-hybridized carbons (Fsp3) is 0.250. The number of halogens is 4. The molecule has 0 amide bonds. The van der Waals surface area contributed by atoms with Gasteiger partial charge in [0.1, 0.15) is 0 Å². The fourth-order valence-electron chi connectivity index (χ4n) is 0.838. The van der Waals surface area contributed by atoms with Crippen molar-refractivity contribution in [2.24, 2.45) is 0 Å². The summed E-state index contributed by atoms with van der Waals surface area (Å²) in [5.41, 5.74) is -0.682. The molecule has 1 aromatic carbocycles. The van der Waals surface area contributed by atoms with Crippen LogP contribution in [0.15, 0.2) is 12.1 Å². The molecule has 1 rings (SSSR count). The quantitative estimate of drug-likeness (QED) is 0.592. The minimum atomic E-state index is -4.34. The monoisotopic (exact) mass is 193 g/mol. The van der Waals surface area contributed by atoms with Crippen LogP contribution in [0.2, 0.25) is 5.02 Å².